The molecule has 15 nitrogen and oxygen atoms in total. The van der Waals surface area contributed by atoms with Gasteiger partial charge in [-0.15, -0.1) is 0 Å². The van der Waals surface area contributed by atoms with Crippen LogP contribution in [0.15, 0.2) is 84.9 Å². The number of sulfone groups is 2. The number of carbonyl (C=O) groups excluding carboxylic acids is 4. The Bertz CT molecular complexity index is 2260. The zero-order valence-electron chi connectivity index (χ0n) is 32.0. The summed E-state index contributed by atoms with van der Waals surface area (Å²) in [5.41, 5.74) is 2.84. The van der Waals surface area contributed by atoms with Crippen molar-refractivity contribution >= 4 is 55.0 Å². The van der Waals surface area contributed by atoms with Gasteiger partial charge in [-0.25, -0.2) is 54.6 Å². The number of esters is 1. The number of methoxy groups -OCH3 is 1. The van der Waals surface area contributed by atoms with Crippen LogP contribution in [0.3, 0.4) is 0 Å². The molecule has 4 aromatic carbocycles. The van der Waals surface area contributed by atoms with Crippen LogP contribution in [-0.2, 0) is 37.5 Å². The molecule has 2 aliphatic rings. The lowest BCUT2D eigenvalue weighted by Crippen LogP contribution is -2.49. The summed E-state index contributed by atoms with van der Waals surface area (Å²) in [6.45, 7) is -0.343. The van der Waals surface area contributed by atoms with Gasteiger partial charge >= 0.3 is 18.0 Å². The number of anilines is 2. The minimum atomic E-state index is -3.20. The number of hydrogen-bond donors (Lipinski definition) is 2. The van der Waals surface area contributed by atoms with Crippen molar-refractivity contribution in [3.8, 4) is 0 Å². The van der Waals surface area contributed by atoms with Crippen LogP contribution < -0.4 is 21.1 Å². The number of urea groups is 2. The van der Waals surface area contributed by atoms with Crippen molar-refractivity contribution in [2.75, 3.05) is 66.1 Å². The number of hydrazine groups is 1. The predicted octanol–water partition coefficient (Wildman–Crippen LogP) is 4.03. The minimum Gasteiger partial charge on any atom is -0.465 e. The molecule has 0 aliphatic carbocycles. The number of halogens is 4. The smallest absolute Gasteiger partial charge is 0.337 e. The van der Waals surface area contributed by atoms with Crippen molar-refractivity contribution in [3.63, 3.8) is 0 Å². The lowest BCUT2D eigenvalue weighted by atomic mass is 10.1. The van der Waals surface area contributed by atoms with Crippen LogP contribution >= 0.6 is 0 Å². The molecule has 6 rings (SSSR count). The Balaban J connectivity index is 0.000000228. The highest BCUT2D eigenvalue weighted by molar-refractivity contribution is 7.91. The molecule has 60 heavy (non-hydrogen) atoms. The number of nitrogens with one attached hydrogen (secondary N) is 1. The maximum absolute atomic E-state index is 14.6. The van der Waals surface area contributed by atoms with Crippen LogP contribution in [0.4, 0.5) is 38.5 Å². The average Bonchev–Trinajstić information content (AvgIpc) is 3.22. The Morgan fingerprint density at radius 2 is 0.983 bits per heavy atom. The maximum atomic E-state index is 14.6. The number of nitrogens with two attached hydrogens (primary N) is 1. The number of ether oxygens (including phenoxy) is 1. The molecule has 0 unspecified atom stereocenters. The van der Waals surface area contributed by atoms with E-state index in [9.17, 15) is 53.6 Å². The van der Waals surface area contributed by atoms with Gasteiger partial charge in [-0.1, -0.05) is 12.1 Å². The lowest BCUT2D eigenvalue weighted by Gasteiger charge is -2.33. The van der Waals surface area contributed by atoms with Gasteiger partial charge in [0.15, 0.2) is 19.7 Å². The topological polar surface area (TPSA) is 197 Å². The van der Waals surface area contributed by atoms with E-state index in [0.717, 1.165) is 12.1 Å². The van der Waals surface area contributed by atoms with Gasteiger partial charge in [0.05, 0.1) is 48.8 Å². The molecule has 0 radical (unpaired) electrons. The Morgan fingerprint density at radius 1 is 0.617 bits per heavy atom. The molecule has 0 saturated carbocycles. The summed E-state index contributed by atoms with van der Waals surface area (Å²) < 4.78 is 107. The SMILES string of the molecule is COC(=O)c1ccc(CN(C(=O)N2CCS(=O)(=O)CC2)c2ccc(F)cc2)c(F)c1.NNC(=O)c1ccc(CN(C(=O)N2CCS(=O)(=O)CC2)c2ccc(F)cc2)c(F)c1. The van der Waals surface area contributed by atoms with E-state index >= 15 is 0 Å². The molecule has 0 spiro atoms. The minimum absolute atomic E-state index is 0.0109. The molecule has 2 fully saturated rings. The third kappa shape index (κ3) is 11.6. The fourth-order valence-corrected chi connectivity index (χ4v) is 8.49. The molecule has 21 heteroatoms. The summed E-state index contributed by atoms with van der Waals surface area (Å²) in [4.78, 5) is 54.5. The summed E-state index contributed by atoms with van der Waals surface area (Å²) in [6, 6.07) is 16.6. The number of benzene rings is 4. The number of rotatable bonds is 8. The molecular weight excluding hydrogens is 837 g/mol. The second kappa shape index (κ2) is 19.3. The predicted molar refractivity (Wildman–Crippen MR) is 212 cm³/mol. The molecule has 5 amide bonds. The van der Waals surface area contributed by atoms with Gasteiger partial charge in [-0.3, -0.25) is 20.0 Å². The first-order valence-corrected chi connectivity index (χ1v) is 21.8. The fraction of sp³-hybridized carbons (Fsp3) is 0.282. The van der Waals surface area contributed by atoms with E-state index in [4.69, 9.17) is 5.84 Å². The van der Waals surface area contributed by atoms with E-state index in [0.29, 0.717) is 11.4 Å². The van der Waals surface area contributed by atoms with E-state index in [2.05, 4.69) is 4.74 Å². The van der Waals surface area contributed by atoms with Gasteiger partial charge in [0.2, 0.25) is 0 Å². The van der Waals surface area contributed by atoms with Crippen LogP contribution in [-0.4, -0.2) is 107 Å². The van der Waals surface area contributed by atoms with Crippen molar-refractivity contribution in [3.05, 3.63) is 130 Å². The van der Waals surface area contributed by atoms with Crippen LogP contribution in [0.25, 0.3) is 0 Å². The molecule has 0 aromatic heterocycles. The molecule has 2 aliphatic heterocycles. The first-order chi connectivity index (χ1) is 28.4. The molecule has 2 saturated heterocycles. The molecule has 3 N–H and O–H groups in total. The molecule has 320 valence electrons. The second-order valence-electron chi connectivity index (χ2n) is 13.5. The standard InChI is InChI=1S/C20H20F2N2O5S.C19H20F2N4O4S/c1-29-19(25)14-2-3-15(18(22)12-14)13-24(17-6-4-16(21)5-7-17)20(26)23-8-10-30(27,28)11-9-23;20-15-3-5-16(6-4-15)25(19(27)24-7-9-30(28,29)10-8-24)12-14-2-1-13(11-17(14)21)18(26)23-22/h2-7,12H,8-11,13H2,1H3;1-6,11H,7-10,12,22H2,(H,23,26). The van der Waals surface area contributed by atoms with Crippen LogP contribution in [0, 0.1) is 23.3 Å². The summed E-state index contributed by atoms with van der Waals surface area (Å²) >= 11 is 0. The third-order valence-corrected chi connectivity index (χ3v) is 12.8. The van der Waals surface area contributed by atoms with Crippen LogP contribution in [0.1, 0.15) is 31.8 Å². The largest absolute Gasteiger partial charge is 0.465 e. The average molecular weight is 877 g/mol. The first-order valence-electron chi connectivity index (χ1n) is 18.1. The lowest BCUT2D eigenvalue weighted by molar-refractivity contribution is 0.0599. The van der Waals surface area contributed by atoms with Crippen molar-refractivity contribution in [2.24, 2.45) is 5.84 Å². The number of nitrogen functional groups attached to an aromatic ring is 1. The summed E-state index contributed by atoms with van der Waals surface area (Å²) in [6.07, 6.45) is 0. The Kier molecular flexibility index (Phi) is 14.5. The summed E-state index contributed by atoms with van der Waals surface area (Å²) in [5, 5.41) is 0. The second-order valence-corrected chi connectivity index (χ2v) is 18.2. The highest BCUT2D eigenvalue weighted by Gasteiger charge is 2.31. The van der Waals surface area contributed by atoms with E-state index in [1.165, 1.54) is 99.5 Å². The zero-order chi connectivity index (χ0) is 43.8. The van der Waals surface area contributed by atoms with E-state index in [1.807, 2.05) is 5.43 Å². The van der Waals surface area contributed by atoms with Crippen LogP contribution in [0.2, 0.25) is 0 Å². The van der Waals surface area contributed by atoms with E-state index in [1.54, 1.807) is 0 Å². The molecular formula is C39H40F4N6O9S2. The van der Waals surface area contributed by atoms with Gasteiger partial charge < -0.3 is 14.5 Å². The number of amides is 5. The summed E-state index contributed by atoms with van der Waals surface area (Å²) in [7, 11) is -5.21. The molecule has 0 bridgehead atoms. The fourth-order valence-electron chi connectivity index (χ4n) is 6.09. The highest BCUT2D eigenvalue weighted by atomic mass is 32.2. The molecule has 2 heterocycles. The monoisotopic (exact) mass is 876 g/mol. The molecule has 0 atom stereocenters. The van der Waals surface area contributed by atoms with Gasteiger partial charge in [0, 0.05) is 54.2 Å². The Morgan fingerprint density at radius 3 is 1.33 bits per heavy atom. The van der Waals surface area contributed by atoms with Crippen LogP contribution in [0.5, 0.6) is 0 Å². The quantitative estimate of drug-likeness (QED) is 0.0858. The van der Waals surface area contributed by atoms with E-state index in [-0.39, 0.29) is 84.5 Å². The zero-order valence-corrected chi connectivity index (χ0v) is 33.7. The third-order valence-electron chi connectivity index (χ3n) is 9.55. The van der Waals surface area contributed by atoms with Crippen molar-refractivity contribution in [1.82, 2.24) is 15.2 Å². The number of carbonyl (C=O) groups is 4. The maximum Gasteiger partial charge on any atom is 0.337 e. The molecule has 4 aromatic rings. The van der Waals surface area contributed by atoms with E-state index < -0.39 is 66.9 Å². The Labute approximate surface area is 343 Å². The van der Waals surface area contributed by atoms with Gasteiger partial charge in [-0.05, 0) is 72.8 Å². The van der Waals surface area contributed by atoms with Gasteiger partial charge in [0.25, 0.3) is 5.91 Å². The first kappa shape index (κ1) is 45.0. The van der Waals surface area contributed by atoms with Gasteiger partial charge in [0.1, 0.15) is 23.3 Å². The van der Waals surface area contributed by atoms with Gasteiger partial charge in [-0.2, -0.15) is 0 Å². The van der Waals surface area contributed by atoms with Crippen molar-refractivity contribution in [2.45, 2.75) is 13.1 Å². The van der Waals surface area contributed by atoms with Crippen molar-refractivity contribution in [1.29, 1.82) is 0 Å². The van der Waals surface area contributed by atoms with Crippen molar-refractivity contribution < 1.29 is 58.3 Å². The normalized spacial score (nSPS) is 15.5. The summed E-state index contributed by atoms with van der Waals surface area (Å²) in [5.74, 6) is 0.630. The Hall–Kier alpha value is -6.06. The highest BCUT2D eigenvalue weighted by Crippen LogP contribution is 2.25. The number of hydrogen-bond acceptors (Lipinski definition) is 10. The number of nitrogens with zero attached hydrogens (tertiary/aromatic N) is 4.